The molecule has 2 N–H and O–H groups in total. The Morgan fingerprint density at radius 1 is 1.04 bits per heavy atom. The van der Waals surface area contributed by atoms with Crippen LogP contribution in [0.2, 0.25) is 0 Å². The highest BCUT2D eigenvalue weighted by Gasteiger charge is 2.86. The number of aromatic hydroxyl groups is 1. The number of benzene rings is 2. The fourth-order valence-corrected chi connectivity index (χ4v) is 11.1. The Morgan fingerprint density at radius 3 is 2.55 bits per heavy atom. The van der Waals surface area contributed by atoms with Gasteiger partial charge in [0.15, 0.2) is 0 Å². The average molecular weight is 664 g/mol. The van der Waals surface area contributed by atoms with Crippen molar-refractivity contribution in [3.8, 4) is 17.2 Å². The number of amides is 2. The average Bonchev–Trinajstić information content (AvgIpc) is 3.71. The second-order valence-corrected chi connectivity index (χ2v) is 16.3. The molecule has 1 saturated carbocycles. The van der Waals surface area contributed by atoms with E-state index in [4.69, 9.17) is 13.9 Å². The van der Waals surface area contributed by atoms with Crippen LogP contribution >= 0.6 is 0 Å². The Balaban J connectivity index is 1.38. The van der Waals surface area contributed by atoms with Crippen LogP contribution in [0.4, 0.5) is 5.69 Å². The first-order valence-corrected chi connectivity index (χ1v) is 17.1. The second-order valence-electron chi connectivity index (χ2n) is 16.3. The normalized spacial score (nSPS) is 33.2. The molecule has 8 heterocycles. The standard InChI is InChI=1S/C38H37N3O8/c1-16-17(2)26(42)18(3)27-23(16)28-24(30(43)47-27)29-37-22(15-36(32(44)39-37)12-8-14-40(36)33(37)45)35(6,7)31-38(29,49-28)20-9-10-21-19(25(20)41(31)46)11-13-34(4,5)48-21/h9-11,13,22,29,42H,8,12,14-15H2,1-7H3,(H,39,44)/t22-,29-,36-,37+,38-/m0/s1. The van der Waals surface area contributed by atoms with Gasteiger partial charge in [-0.25, -0.2) is 4.79 Å². The first kappa shape index (κ1) is 29.1. The maximum atomic E-state index is 15.2. The summed E-state index contributed by atoms with van der Waals surface area (Å²) in [6.07, 6.45) is 5.37. The Morgan fingerprint density at radius 2 is 1.80 bits per heavy atom. The summed E-state index contributed by atoms with van der Waals surface area (Å²) >= 11 is 0. The van der Waals surface area contributed by atoms with Crippen LogP contribution in [0, 0.1) is 37.3 Å². The van der Waals surface area contributed by atoms with Crippen molar-refractivity contribution in [2.75, 3.05) is 6.54 Å². The number of phenolic OH excluding ortho intramolecular Hbond substituents is 1. The van der Waals surface area contributed by atoms with Crippen molar-refractivity contribution in [1.82, 2.24) is 10.2 Å². The van der Waals surface area contributed by atoms with E-state index < -0.39 is 45.2 Å². The van der Waals surface area contributed by atoms with Crippen LogP contribution in [0.5, 0.6) is 17.2 Å². The molecule has 8 aliphatic rings. The summed E-state index contributed by atoms with van der Waals surface area (Å²) in [5.41, 5.74) is -2.91. The molecule has 11 nitrogen and oxygen atoms in total. The summed E-state index contributed by atoms with van der Waals surface area (Å²) in [6.45, 7) is 13.5. The fraction of sp³-hybridized carbons (Fsp3) is 0.474. The third kappa shape index (κ3) is 2.82. The molecule has 7 aliphatic heterocycles. The van der Waals surface area contributed by atoms with Gasteiger partial charge in [0.05, 0.1) is 33.4 Å². The van der Waals surface area contributed by atoms with Crippen molar-refractivity contribution in [3.63, 3.8) is 0 Å². The van der Waals surface area contributed by atoms with Crippen LogP contribution in [0.3, 0.4) is 0 Å². The first-order chi connectivity index (χ1) is 23.0. The summed E-state index contributed by atoms with van der Waals surface area (Å²) in [6, 6.07) is 3.63. The minimum atomic E-state index is -1.66. The number of hydrogen-bond donors (Lipinski definition) is 2. The van der Waals surface area contributed by atoms with Crippen molar-refractivity contribution >= 4 is 40.3 Å². The molecule has 1 aromatic heterocycles. The summed E-state index contributed by atoms with van der Waals surface area (Å²) < 4.78 is 20.6. The predicted octanol–water partition coefficient (Wildman–Crippen LogP) is 4.87. The van der Waals surface area contributed by atoms with Gasteiger partial charge in [-0.15, -0.1) is 0 Å². The molecule has 2 amide bonds. The lowest BCUT2D eigenvalue weighted by Gasteiger charge is -2.66. The molecule has 11 rings (SSSR count). The van der Waals surface area contributed by atoms with Crippen LogP contribution < -0.4 is 20.4 Å². The van der Waals surface area contributed by atoms with E-state index in [1.54, 1.807) is 18.7 Å². The Kier molecular flexibility index (Phi) is 4.84. The molecule has 5 fully saturated rings. The van der Waals surface area contributed by atoms with Gasteiger partial charge in [0.2, 0.25) is 28.8 Å². The van der Waals surface area contributed by atoms with E-state index in [0.717, 1.165) is 4.74 Å². The number of carbonyl (C=O) groups is 2. The summed E-state index contributed by atoms with van der Waals surface area (Å²) in [5.74, 6) is -1.40. The number of carbonyl (C=O) groups excluding carboxylic acids is 2. The van der Waals surface area contributed by atoms with E-state index in [0.29, 0.717) is 76.2 Å². The highest BCUT2D eigenvalue weighted by atomic mass is 16.5. The molecule has 2 bridgehead atoms. The molecule has 252 valence electrons. The lowest BCUT2D eigenvalue weighted by Crippen LogP contribution is -2.88. The van der Waals surface area contributed by atoms with E-state index in [-0.39, 0.29) is 34.5 Å². The first-order valence-electron chi connectivity index (χ1n) is 17.1. The van der Waals surface area contributed by atoms with Crippen molar-refractivity contribution in [2.24, 2.45) is 11.3 Å². The van der Waals surface area contributed by atoms with Gasteiger partial charge in [0.1, 0.15) is 39.5 Å². The third-order valence-electron chi connectivity index (χ3n) is 13.3. The van der Waals surface area contributed by atoms with E-state index >= 15 is 10.0 Å². The zero-order chi connectivity index (χ0) is 34.5. The quantitative estimate of drug-likeness (QED) is 0.197. The largest absolute Gasteiger partial charge is 0.618 e. The molecule has 0 unspecified atom stereocenters. The highest BCUT2D eigenvalue weighted by Crippen LogP contribution is 2.72. The minimum absolute atomic E-state index is 0.0133. The van der Waals surface area contributed by atoms with E-state index in [1.807, 2.05) is 58.9 Å². The molecule has 5 atom stereocenters. The molecule has 3 aromatic rings. The van der Waals surface area contributed by atoms with Crippen LogP contribution in [0.25, 0.3) is 17.0 Å². The van der Waals surface area contributed by atoms with Gasteiger partial charge in [-0.1, -0.05) is 0 Å². The lowest BCUT2D eigenvalue weighted by atomic mass is 9.43. The van der Waals surface area contributed by atoms with Crippen molar-refractivity contribution in [3.05, 3.63) is 67.2 Å². The van der Waals surface area contributed by atoms with Gasteiger partial charge in [-0.2, -0.15) is 4.74 Å². The van der Waals surface area contributed by atoms with Crippen LogP contribution in [-0.4, -0.2) is 55.5 Å². The number of nitrogens with zero attached hydrogens (tertiary/aromatic N) is 2. The lowest BCUT2D eigenvalue weighted by molar-refractivity contribution is -0.368. The van der Waals surface area contributed by atoms with Gasteiger partial charge in [-0.3, -0.25) is 9.59 Å². The smallest absolute Gasteiger partial charge is 0.343 e. The number of ether oxygens (including phenoxy) is 2. The van der Waals surface area contributed by atoms with Crippen molar-refractivity contribution in [2.45, 2.75) is 95.9 Å². The fourth-order valence-electron chi connectivity index (χ4n) is 11.1. The number of hydrogen-bond acceptors (Lipinski definition) is 8. The Labute approximate surface area is 281 Å². The van der Waals surface area contributed by atoms with Gasteiger partial charge < -0.3 is 34.4 Å². The van der Waals surface area contributed by atoms with Crippen LogP contribution in [0.15, 0.2) is 27.4 Å². The van der Waals surface area contributed by atoms with Gasteiger partial charge in [0.25, 0.3) is 0 Å². The topological polar surface area (TPSA) is 144 Å². The molecule has 2 aromatic carbocycles. The molecule has 4 saturated heterocycles. The Hall–Kier alpha value is -4.80. The van der Waals surface area contributed by atoms with Crippen LogP contribution in [0.1, 0.15) is 86.3 Å². The monoisotopic (exact) mass is 663 g/mol. The number of aryl methyl sites for hydroxylation is 2. The highest BCUT2D eigenvalue weighted by molar-refractivity contribution is 6.12. The van der Waals surface area contributed by atoms with Crippen molar-refractivity contribution < 1.29 is 33.3 Å². The van der Waals surface area contributed by atoms with Crippen molar-refractivity contribution in [1.29, 1.82) is 0 Å². The molecule has 11 heteroatoms. The molecule has 0 radical (unpaired) electrons. The maximum Gasteiger partial charge on any atom is 0.343 e. The summed E-state index contributed by atoms with van der Waals surface area (Å²) in [4.78, 5) is 45.8. The number of fused-ring (bicyclic) bond motifs is 8. The van der Waals surface area contributed by atoms with E-state index in [9.17, 15) is 14.7 Å². The molecular formula is C38H37N3O8. The molecule has 1 aliphatic carbocycles. The van der Waals surface area contributed by atoms with Gasteiger partial charge in [0, 0.05) is 18.0 Å². The number of phenols is 1. The Bertz CT molecular complexity index is 2330. The molecule has 3 spiro atoms. The third-order valence-corrected chi connectivity index (χ3v) is 13.3. The van der Waals surface area contributed by atoms with Crippen LogP contribution in [-0.2, 0) is 15.2 Å². The number of nitrogens with one attached hydrogen (secondary N) is 1. The zero-order valence-corrected chi connectivity index (χ0v) is 28.5. The number of rotatable bonds is 0. The molecular weight excluding hydrogens is 626 g/mol. The summed E-state index contributed by atoms with van der Waals surface area (Å²) in [7, 11) is 0. The zero-order valence-electron chi connectivity index (χ0n) is 28.5. The maximum absolute atomic E-state index is 15.2. The SMILES string of the molecule is Cc1c(O)c(C)c2oc(=O)c3c(c2c1C)O[C@@]12C(=[N+]([O-])c4c1ccc1c4C=CC(C)(C)O1)C(C)(C)[C@@H]1C[C@]45CCCN4C(=O)[C@]1(NC5=O)[C@H]32. The van der Waals surface area contributed by atoms with E-state index in [1.165, 1.54) is 0 Å². The van der Waals surface area contributed by atoms with Gasteiger partial charge >= 0.3 is 5.63 Å². The number of piperazine rings is 1. The van der Waals surface area contributed by atoms with E-state index in [2.05, 4.69) is 5.32 Å². The molecule has 49 heavy (non-hydrogen) atoms. The second kappa shape index (κ2) is 8.14. The minimum Gasteiger partial charge on any atom is -0.618 e. The van der Waals surface area contributed by atoms with Gasteiger partial charge in [-0.05, 0) is 103 Å². The predicted molar refractivity (Wildman–Crippen MR) is 178 cm³/mol. The number of piperidine rings is 2. The summed E-state index contributed by atoms with van der Waals surface area (Å²) in [5, 5.41) is 29.9.